The first-order chi connectivity index (χ1) is 26.4. The van der Waals surface area contributed by atoms with Gasteiger partial charge in [-0.1, -0.05) is 139 Å². The Bertz CT molecular complexity index is 2170. The van der Waals surface area contributed by atoms with E-state index in [2.05, 4.69) is 52.0 Å². The predicted molar refractivity (Wildman–Crippen MR) is 214 cm³/mol. The summed E-state index contributed by atoms with van der Waals surface area (Å²) in [6, 6.07) is 26.6. The molecule has 9 heteroatoms. The highest BCUT2D eigenvalue weighted by Gasteiger charge is 2.25. The first-order valence-electron chi connectivity index (χ1n) is 19.9. The van der Waals surface area contributed by atoms with E-state index in [1.807, 2.05) is 54.6 Å². The number of hydrogen-bond donors (Lipinski definition) is 0. The molecule has 274 valence electrons. The summed E-state index contributed by atoms with van der Waals surface area (Å²) >= 11 is 0. The van der Waals surface area contributed by atoms with Crippen molar-refractivity contribution >= 4 is 0 Å². The second kappa shape index (κ2) is 16.0. The summed E-state index contributed by atoms with van der Waals surface area (Å²) in [4.78, 5) is 44.9. The van der Waals surface area contributed by atoms with Crippen molar-refractivity contribution in [3.8, 4) is 56.9 Å². The fourth-order valence-corrected chi connectivity index (χ4v) is 7.60. The Morgan fingerprint density at radius 1 is 0.370 bits per heavy atom. The van der Waals surface area contributed by atoms with E-state index in [0.717, 1.165) is 82.6 Å². The van der Waals surface area contributed by atoms with Crippen molar-refractivity contribution < 1.29 is 0 Å². The first kappa shape index (κ1) is 35.7. The van der Waals surface area contributed by atoms with Gasteiger partial charge < -0.3 is 0 Å². The standard InChI is InChI=1S/C45H49N9/c1-28(2)37-46-39(30-15-8-5-9-16-30)50-42(47-37)33-23-25-34(26-24-33)43-48-38(29(3)4)49-44(54-43)35-21-14-22-36(27-35)45-52-40(31-17-10-6-11-18-31)51-41(53-45)32-19-12-7-13-20-32/h5,8-9,14-16,21-29,31-32H,6-7,10-13,17-20H2,1-4H3. The molecular formula is C45H49N9. The van der Waals surface area contributed by atoms with Crippen molar-refractivity contribution in [1.29, 1.82) is 0 Å². The van der Waals surface area contributed by atoms with Gasteiger partial charge in [-0.2, -0.15) is 0 Å². The predicted octanol–water partition coefficient (Wildman–Crippen LogP) is 10.9. The van der Waals surface area contributed by atoms with Gasteiger partial charge in [-0.3, -0.25) is 0 Å². The SMILES string of the molecule is CC(C)c1nc(-c2ccccc2)nc(-c2ccc(-c3nc(-c4cccc(-c5nc(C6CCCCC6)nc(C6CCCCC6)n5)c4)nc(C(C)C)n3)cc2)n1. The first-order valence-corrected chi connectivity index (χ1v) is 19.9. The van der Waals surface area contributed by atoms with Gasteiger partial charge in [0.05, 0.1) is 0 Å². The molecule has 0 saturated heterocycles. The molecule has 3 aromatic heterocycles. The van der Waals surface area contributed by atoms with Gasteiger partial charge in [-0.25, -0.2) is 44.9 Å². The molecule has 2 fully saturated rings. The summed E-state index contributed by atoms with van der Waals surface area (Å²) in [6.45, 7) is 8.43. The molecule has 0 spiro atoms. The van der Waals surface area contributed by atoms with E-state index in [0.29, 0.717) is 35.1 Å². The van der Waals surface area contributed by atoms with Crippen LogP contribution in [0.3, 0.4) is 0 Å². The molecule has 6 aromatic rings. The zero-order valence-corrected chi connectivity index (χ0v) is 31.9. The summed E-state index contributed by atoms with van der Waals surface area (Å²) in [6.07, 6.45) is 12.2. The second-order valence-corrected chi connectivity index (χ2v) is 15.6. The normalized spacial score (nSPS) is 15.6. The molecule has 3 aromatic carbocycles. The van der Waals surface area contributed by atoms with E-state index >= 15 is 0 Å². The van der Waals surface area contributed by atoms with Crippen LogP contribution in [0.2, 0.25) is 0 Å². The minimum absolute atomic E-state index is 0.115. The summed E-state index contributed by atoms with van der Waals surface area (Å²) in [5.41, 5.74) is 4.65. The van der Waals surface area contributed by atoms with Gasteiger partial charge in [-0.15, -0.1) is 0 Å². The average Bonchev–Trinajstić information content (AvgIpc) is 3.24. The topological polar surface area (TPSA) is 116 Å². The van der Waals surface area contributed by atoms with Gasteiger partial charge in [0.2, 0.25) is 0 Å². The van der Waals surface area contributed by atoms with Crippen LogP contribution in [0.25, 0.3) is 56.9 Å². The van der Waals surface area contributed by atoms with Crippen LogP contribution in [0.1, 0.15) is 139 Å². The van der Waals surface area contributed by atoms with Crippen LogP contribution >= 0.6 is 0 Å². The number of hydrogen-bond acceptors (Lipinski definition) is 9. The molecule has 0 radical (unpaired) electrons. The average molecular weight is 716 g/mol. The van der Waals surface area contributed by atoms with Crippen LogP contribution in [0.4, 0.5) is 0 Å². The minimum atomic E-state index is 0.115. The fourth-order valence-electron chi connectivity index (χ4n) is 7.60. The van der Waals surface area contributed by atoms with Crippen molar-refractivity contribution in [1.82, 2.24) is 44.9 Å². The zero-order chi connectivity index (χ0) is 37.0. The number of benzene rings is 3. The van der Waals surface area contributed by atoms with E-state index in [1.54, 1.807) is 0 Å². The van der Waals surface area contributed by atoms with Crippen molar-refractivity contribution in [2.45, 2.75) is 116 Å². The van der Waals surface area contributed by atoms with Crippen LogP contribution in [0, 0.1) is 0 Å². The largest absolute Gasteiger partial charge is 0.217 e. The van der Waals surface area contributed by atoms with E-state index < -0.39 is 0 Å². The van der Waals surface area contributed by atoms with Crippen LogP contribution in [-0.4, -0.2) is 44.9 Å². The molecule has 9 nitrogen and oxygen atoms in total. The quantitative estimate of drug-likeness (QED) is 0.144. The minimum Gasteiger partial charge on any atom is -0.217 e. The Morgan fingerprint density at radius 3 is 1.17 bits per heavy atom. The van der Waals surface area contributed by atoms with Crippen LogP contribution in [0.15, 0.2) is 78.9 Å². The number of rotatable bonds is 9. The van der Waals surface area contributed by atoms with Crippen LogP contribution in [-0.2, 0) is 0 Å². The molecular weight excluding hydrogens is 667 g/mol. The molecule has 8 rings (SSSR count). The van der Waals surface area contributed by atoms with Gasteiger partial charge in [-0.05, 0) is 31.7 Å². The molecule has 0 N–H and O–H groups in total. The van der Waals surface area contributed by atoms with Crippen molar-refractivity contribution in [2.24, 2.45) is 0 Å². The Morgan fingerprint density at radius 2 is 0.741 bits per heavy atom. The third-order valence-corrected chi connectivity index (χ3v) is 10.8. The smallest absolute Gasteiger partial charge is 0.163 e. The molecule has 0 bridgehead atoms. The lowest BCUT2D eigenvalue weighted by Gasteiger charge is -2.24. The molecule has 2 aliphatic rings. The van der Waals surface area contributed by atoms with Gasteiger partial charge in [0.1, 0.15) is 23.3 Å². The van der Waals surface area contributed by atoms with Crippen molar-refractivity contribution in [3.63, 3.8) is 0 Å². The van der Waals surface area contributed by atoms with E-state index in [9.17, 15) is 0 Å². The van der Waals surface area contributed by atoms with E-state index in [1.165, 1.54) is 38.5 Å². The lowest BCUT2D eigenvalue weighted by molar-refractivity contribution is 0.409. The molecule has 2 aliphatic carbocycles. The molecule has 0 amide bonds. The highest BCUT2D eigenvalue weighted by atomic mass is 15.1. The summed E-state index contributed by atoms with van der Waals surface area (Å²) in [7, 11) is 0. The summed E-state index contributed by atoms with van der Waals surface area (Å²) in [5, 5.41) is 0. The molecule has 3 heterocycles. The fraction of sp³-hybridized carbons (Fsp3) is 0.400. The third kappa shape index (κ3) is 7.96. The number of aromatic nitrogens is 9. The van der Waals surface area contributed by atoms with Gasteiger partial charge in [0, 0.05) is 51.5 Å². The highest BCUT2D eigenvalue weighted by molar-refractivity contribution is 5.69. The monoisotopic (exact) mass is 715 g/mol. The summed E-state index contributed by atoms with van der Waals surface area (Å²) in [5.74, 6) is 7.90. The lowest BCUT2D eigenvalue weighted by Crippen LogP contribution is -2.16. The molecule has 2 saturated carbocycles. The molecule has 0 atom stereocenters. The van der Waals surface area contributed by atoms with Gasteiger partial charge in [0.25, 0.3) is 0 Å². The maximum absolute atomic E-state index is 5.15. The Kier molecular flexibility index (Phi) is 10.6. The van der Waals surface area contributed by atoms with Gasteiger partial charge >= 0.3 is 0 Å². The Hall–Kier alpha value is -5.31. The lowest BCUT2D eigenvalue weighted by atomic mass is 9.87. The van der Waals surface area contributed by atoms with E-state index in [-0.39, 0.29) is 11.8 Å². The van der Waals surface area contributed by atoms with Crippen LogP contribution in [0.5, 0.6) is 0 Å². The maximum Gasteiger partial charge on any atom is 0.163 e. The van der Waals surface area contributed by atoms with Crippen LogP contribution < -0.4 is 0 Å². The summed E-state index contributed by atoms with van der Waals surface area (Å²) < 4.78 is 0. The molecule has 0 unspecified atom stereocenters. The van der Waals surface area contributed by atoms with E-state index in [4.69, 9.17) is 44.9 Å². The maximum atomic E-state index is 5.15. The Labute approximate surface area is 318 Å². The Balaban J connectivity index is 1.13. The second-order valence-electron chi connectivity index (χ2n) is 15.6. The van der Waals surface area contributed by atoms with Gasteiger partial charge in [0.15, 0.2) is 29.1 Å². The zero-order valence-electron chi connectivity index (χ0n) is 31.9. The van der Waals surface area contributed by atoms with Crippen molar-refractivity contribution in [2.75, 3.05) is 0 Å². The van der Waals surface area contributed by atoms with Crippen molar-refractivity contribution in [3.05, 3.63) is 102 Å². The highest BCUT2D eigenvalue weighted by Crippen LogP contribution is 2.36. The molecule has 0 aliphatic heterocycles. The third-order valence-electron chi connectivity index (χ3n) is 10.8. The molecule has 54 heavy (non-hydrogen) atoms. The number of nitrogens with zero attached hydrogens (tertiary/aromatic N) is 9.